The summed E-state index contributed by atoms with van der Waals surface area (Å²) in [6, 6.07) is 2.35. The molecule has 4 aliphatic heterocycles. The second-order valence-corrected chi connectivity index (χ2v) is 12.9. The molecule has 0 aliphatic carbocycles. The summed E-state index contributed by atoms with van der Waals surface area (Å²) >= 11 is 6.56. The normalized spacial score (nSPS) is 25.1. The molecule has 1 spiro atoms. The molecule has 14 heteroatoms. The number of aryl methyl sites for hydroxylation is 1. The predicted octanol–water partition coefficient (Wildman–Crippen LogP) is 5.15. The van der Waals surface area contributed by atoms with E-state index in [1.54, 1.807) is 0 Å². The smallest absolute Gasteiger partial charge is 0.418 e. The number of anilines is 2. The maximum Gasteiger partial charge on any atom is 0.418 e. The van der Waals surface area contributed by atoms with E-state index >= 15 is 4.39 Å². The van der Waals surface area contributed by atoms with Crippen molar-refractivity contribution in [2.45, 2.75) is 50.5 Å². The van der Waals surface area contributed by atoms with Gasteiger partial charge in [-0.15, -0.1) is 0 Å². The Morgan fingerprint density at radius 3 is 2.65 bits per heavy atom. The monoisotopic (exact) mass is 623 g/mol. The third-order valence-corrected chi connectivity index (χ3v) is 9.87. The van der Waals surface area contributed by atoms with E-state index in [-0.39, 0.29) is 45.3 Å². The van der Waals surface area contributed by atoms with Gasteiger partial charge in [0.05, 0.1) is 27.4 Å². The van der Waals surface area contributed by atoms with Crippen LogP contribution < -0.4 is 20.7 Å². The second-order valence-electron chi connectivity index (χ2n) is 12.5. The van der Waals surface area contributed by atoms with Crippen molar-refractivity contribution in [3.63, 3.8) is 0 Å². The van der Waals surface area contributed by atoms with Gasteiger partial charge in [-0.3, -0.25) is 4.90 Å². The zero-order valence-electron chi connectivity index (χ0n) is 23.5. The number of halogens is 6. The van der Waals surface area contributed by atoms with Crippen molar-refractivity contribution in [3.05, 3.63) is 34.1 Å². The molecule has 0 unspecified atom stereocenters. The zero-order valence-corrected chi connectivity index (χ0v) is 24.3. The zero-order chi connectivity index (χ0) is 30.3. The highest BCUT2D eigenvalue weighted by Gasteiger charge is 2.50. The van der Waals surface area contributed by atoms with Crippen LogP contribution in [-0.2, 0) is 6.18 Å². The molecule has 43 heavy (non-hydrogen) atoms. The molecule has 3 aromatic rings. The lowest BCUT2D eigenvalue weighted by atomic mass is 9.81. The fourth-order valence-electron chi connectivity index (χ4n) is 7.45. The minimum absolute atomic E-state index is 0.0640. The molecule has 230 valence electrons. The summed E-state index contributed by atoms with van der Waals surface area (Å²) in [6.07, 6.45) is -2.93. The molecule has 0 radical (unpaired) electrons. The first kappa shape index (κ1) is 28.7. The number of alkyl halides is 4. The number of aromatic nitrogens is 3. The molecular weight excluding hydrogens is 593 g/mol. The highest BCUT2D eigenvalue weighted by atomic mass is 35.5. The SMILES string of the molecule is Cc1cc(N)nc(-c2c(Cl)cc3c(N4CCC5(CNC5)C4)nc(OC[C@]45CCCN4C[C@H](F)C5)nc3c2F)c1C(F)(F)F. The van der Waals surface area contributed by atoms with E-state index in [9.17, 15) is 17.6 Å². The van der Waals surface area contributed by atoms with Gasteiger partial charge < -0.3 is 20.7 Å². The molecule has 8 nitrogen and oxygen atoms in total. The van der Waals surface area contributed by atoms with Gasteiger partial charge in [0.15, 0.2) is 5.82 Å². The quantitative estimate of drug-likeness (QED) is 0.377. The first-order chi connectivity index (χ1) is 20.4. The van der Waals surface area contributed by atoms with Crippen molar-refractivity contribution < 1.29 is 26.7 Å². The van der Waals surface area contributed by atoms with Crippen LogP contribution in [0.2, 0.25) is 5.02 Å². The largest absolute Gasteiger partial charge is 0.461 e. The Labute approximate surface area is 249 Å². The number of hydrogen-bond acceptors (Lipinski definition) is 8. The van der Waals surface area contributed by atoms with E-state index in [0.717, 1.165) is 45.0 Å². The lowest BCUT2D eigenvalue weighted by Gasteiger charge is -2.39. The number of pyridine rings is 1. The summed E-state index contributed by atoms with van der Waals surface area (Å²) in [5.41, 5.74) is 2.54. The van der Waals surface area contributed by atoms with Crippen LogP contribution in [0.3, 0.4) is 0 Å². The van der Waals surface area contributed by atoms with E-state index in [1.807, 2.05) is 4.90 Å². The summed E-state index contributed by atoms with van der Waals surface area (Å²) in [7, 11) is 0. The van der Waals surface area contributed by atoms with Crippen molar-refractivity contribution in [2.24, 2.45) is 5.41 Å². The Morgan fingerprint density at radius 1 is 1.16 bits per heavy atom. The van der Waals surface area contributed by atoms with E-state index in [1.165, 1.54) is 13.0 Å². The van der Waals surface area contributed by atoms with Crippen LogP contribution in [0.25, 0.3) is 22.2 Å². The second kappa shape index (κ2) is 10.00. The first-order valence-corrected chi connectivity index (χ1v) is 14.8. The molecule has 1 aromatic carbocycles. The van der Waals surface area contributed by atoms with Crippen LogP contribution >= 0.6 is 11.6 Å². The van der Waals surface area contributed by atoms with Gasteiger partial charge in [-0.1, -0.05) is 11.6 Å². The lowest BCUT2D eigenvalue weighted by molar-refractivity contribution is -0.137. The molecule has 4 fully saturated rings. The third kappa shape index (κ3) is 4.74. The predicted molar refractivity (Wildman–Crippen MR) is 153 cm³/mol. The van der Waals surface area contributed by atoms with E-state index in [2.05, 4.69) is 25.2 Å². The van der Waals surface area contributed by atoms with Crippen molar-refractivity contribution in [1.29, 1.82) is 0 Å². The van der Waals surface area contributed by atoms with Gasteiger partial charge in [-0.2, -0.15) is 23.1 Å². The number of benzene rings is 1. The minimum Gasteiger partial charge on any atom is -0.461 e. The van der Waals surface area contributed by atoms with Crippen LogP contribution in [0.5, 0.6) is 6.01 Å². The summed E-state index contributed by atoms with van der Waals surface area (Å²) < 4.78 is 79.6. The van der Waals surface area contributed by atoms with E-state index < -0.39 is 40.5 Å². The Balaban J connectivity index is 1.37. The Hall–Kier alpha value is -3.03. The number of nitrogen functional groups attached to an aromatic ring is 1. The average Bonchev–Trinajstić information content (AvgIpc) is 3.59. The Morgan fingerprint density at radius 2 is 1.95 bits per heavy atom. The van der Waals surface area contributed by atoms with Gasteiger partial charge in [0.25, 0.3) is 0 Å². The number of nitrogens with two attached hydrogens (primary N) is 1. The van der Waals surface area contributed by atoms with Crippen molar-refractivity contribution in [3.8, 4) is 17.3 Å². The van der Waals surface area contributed by atoms with Crippen molar-refractivity contribution >= 4 is 34.1 Å². The molecule has 0 amide bonds. The Bertz CT molecular complexity index is 1620. The minimum atomic E-state index is -4.85. The maximum absolute atomic E-state index is 16.6. The van der Waals surface area contributed by atoms with Crippen molar-refractivity contribution in [1.82, 2.24) is 25.2 Å². The Kier molecular flexibility index (Phi) is 6.68. The van der Waals surface area contributed by atoms with Gasteiger partial charge in [0, 0.05) is 49.9 Å². The van der Waals surface area contributed by atoms with Gasteiger partial charge in [0.1, 0.15) is 29.9 Å². The van der Waals surface area contributed by atoms with Gasteiger partial charge in [0.2, 0.25) is 0 Å². The number of ether oxygens (including phenoxy) is 1. The van der Waals surface area contributed by atoms with Crippen LogP contribution in [0.4, 0.5) is 33.6 Å². The summed E-state index contributed by atoms with van der Waals surface area (Å²) in [5, 5.41) is 3.28. The third-order valence-electron chi connectivity index (χ3n) is 9.57. The lowest BCUT2D eigenvalue weighted by Crippen LogP contribution is -2.54. The van der Waals surface area contributed by atoms with Gasteiger partial charge >= 0.3 is 12.2 Å². The fourth-order valence-corrected chi connectivity index (χ4v) is 7.73. The van der Waals surface area contributed by atoms with Crippen molar-refractivity contribution in [2.75, 3.05) is 56.5 Å². The van der Waals surface area contributed by atoms with E-state index in [0.29, 0.717) is 31.9 Å². The highest BCUT2D eigenvalue weighted by molar-refractivity contribution is 6.34. The van der Waals surface area contributed by atoms with Crippen LogP contribution in [0, 0.1) is 18.2 Å². The molecule has 4 aliphatic rings. The van der Waals surface area contributed by atoms with Crippen LogP contribution in [0.1, 0.15) is 36.8 Å². The molecule has 0 saturated carbocycles. The molecule has 2 aromatic heterocycles. The first-order valence-electron chi connectivity index (χ1n) is 14.4. The molecule has 0 bridgehead atoms. The van der Waals surface area contributed by atoms with Gasteiger partial charge in [-0.25, -0.2) is 13.8 Å². The van der Waals surface area contributed by atoms with E-state index in [4.69, 9.17) is 22.1 Å². The summed E-state index contributed by atoms with van der Waals surface area (Å²) in [5.74, 6) is -0.897. The molecule has 7 rings (SSSR count). The molecular formula is C29H31ClF5N7O. The molecule has 3 N–H and O–H groups in total. The summed E-state index contributed by atoms with van der Waals surface area (Å²) in [6.45, 7) is 5.44. The topological polar surface area (TPSA) is 92.4 Å². The molecule has 4 saturated heterocycles. The van der Waals surface area contributed by atoms with Crippen LogP contribution in [0.15, 0.2) is 12.1 Å². The standard InChI is InChI=1S/C29H31ClF5N7O/c1-15-7-19(36)38-24(21(15)29(33,34)35)20-18(30)8-17-23(22(20)32)39-26(40-25(17)41-6-4-27(13-41)11-37-12-27)43-14-28-3-2-5-42(28)10-16(31)9-28/h7-8,16,37H,2-6,9-14H2,1H3,(H2,36,38)/t16-,28-/m1/s1. The number of fused-ring (bicyclic) bond motifs is 2. The fraction of sp³-hybridized carbons (Fsp3) is 0.552. The van der Waals surface area contributed by atoms with Gasteiger partial charge in [-0.05, 0) is 50.4 Å². The highest BCUT2D eigenvalue weighted by Crippen LogP contribution is 2.46. The average molecular weight is 624 g/mol. The number of nitrogens with one attached hydrogen (secondary N) is 1. The summed E-state index contributed by atoms with van der Waals surface area (Å²) in [4.78, 5) is 17.1. The molecule has 6 heterocycles. The molecule has 2 atom stereocenters. The number of hydrogen-bond donors (Lipinski definition) is 2. The number of nitrogens with zero attached hydrogens (tertiary/aromatic N) is 5. The number of rotatable bonds is 5. The van der Waals surface area contributed by atoms with Crippen LogP contribution in [-0.4, -0.2) is 77.4 Å². The maximum atomic E-state index is 16.6.